The lowest BCUT2D eigenvalue weighted by atomic mass is 9.93. The summed E-state index contributed by atoms with van der Waals surface area (Å²) < 4.78 is 2.63. The summed E-state index contributed by atoms with van der Waals surface area (Å²) in [4.78, 5) is 2.52. The van der Waals surface area contributed by atoms with Gasteiger partial charge < -0.3 is 4.57 Å². The zero-order valence-corrected chi connectivity index (χ0v) is 16.7. The number of hydrogen-bond acceptors (Lipinski definition) is 1. The normalized spacial score (nSPS) is 20.5. The predicted octanol–water partition coefficient (Wildman–Crippen LogP) is 5.44. The van der Waals surface area contributed by atoms with Gasteiger partial charge in [-0.25, -0.2) is 0 Å². The number of rotatable bonds is 3. The van der Waals surface area contributed by atoms with E-state index in [1.54, 1.807) is 11.3 Å². The first-order valence-electron chi connectivity index (χ1n) is 9.86. The quantitative estimate of drug-likeness (QED) is 0.613. The Labute approximate surface area is 157 Å². The third kappa shape index (κ3) is 2.68. The summed E-state index contributed by atoms with van der Waals surface area (Å²) in [5.74, 6) is 0. The van der Waals surface area contributed by atoms with Crippen LogP contribution < -0.4 is 0 Å². The molecular weight excluding hydrogens is 316 g/mol. The molecule has 0 N–H and O–H groups in total. The van der Waals surface area contributed by atoms with Gasteiger partial charge in [0.15, 0.2) is 0 Å². The molecule has 1 aliphatic heterocycles. The van der Waals surface area contributed by atoms with Crippen molar-refractivity contribution in [1.29, 1.82) is 0 Å². The maximum absolute atomic E-state index is 2.63. The number of hydrogen-bond donors (Lipinski definition) is 0. The van der Waals surface area contributed by atoms with E-state index in [-0.39, 0.29) is 0 Å². The topological polar surface area (TPSA) is 8.17 Å². The van der Waals surface area contributed by atoms with E-state index in [2.05, 4.69) is 86.7 Å². The van der Waals surface area contributed by atoms with Gasteiger partial charge in [-0.05, 0) is 63.4 Å². The van der Waals surface area contributed by atoms with Crippen molar-refractivity contribution in [2.24, 2.45) is 0 Å². The second kappa shape index (κ2) is 6.59. The summed E-state index contributed by atoms with van der Waals surface area (Å²) in [5, 5.41) is 1.45. The Morgan fingerprint density at radius 1 is 0.962 bits per heavy atom. The molecule has 26 heavy (non-hydrogen) atoms. The summed E-state index contributed by atoms with van der Waals surface area (Å²) in [7, 11) is 2.27. The van der Waals surface area contributed by atoms with E-state index in [1.807, 2.05) is 0 Å². The Balaban J connectivity index is 1.84. The predicted molar refractivity (Wildman–Crippen MR) is 111 cm³/mol. The van der Waals surface area contributed by atoms with E-state index >= 15 is 0 Å². The smallest absolute Gasteiger partial charge is 0.0515 e. The second-order valence-electron chi connectivity index (χ2n) is 8.05. The van der Waals surface area contributed by atoms with Crippen LogP contribution in [0.4, 0.5) is 0 Å². The highest BCUT2D eigenvalue weighted by Gasteiger charge is 2.32. The van der Waals surface area contributed by atoms with Crippen LogP contribution in [-0.2, 0) is 19.4 Å². The number of para-hydroxylation sites is 1. The molecule has 2 heteroatoms. The Kier molecular flexibility index (Phi) is 4.40. The molecule has 0 bridgehead atoms. The van der Waals surface area contributed by atoms with Crippen LogP contribution in [0.5, 0.6) is 0 Å². The first-order valence-corrected chi connectivity index (χ1v) is 9.86. The summed E-state index contributed by atoms with van der Waals surface area (Å²) >= 11 is 0. The fraction of sp³-hybridized carbons (Fsp3) is 0.417. The van der Waals surface area contributed by atoms with Crippen LogP contribution in [0.15, 0.2) is 42.5 Å². The molecule has 0 saturated carbocycles. The summed E-state index contributed by atoms with van der Waals surface area (Å²) in [6, 6.07) is 16.7. The molecule has 1 aromatic heterocycles. The van der Waals surface area contributed by atoms with Crippen LogP contribution in [0.25, 0.3) is 10.9 Å². The van der Waals surface area contributed by atoms with E-state index < -0.39 is 0 Å². The zero-order valence-electron chi connectivity index (χ0n) is 16.7. The molecule has 2 unspecified atom stereocenters. The number of fused-ring (bicyclic) bond motifs is 3. The SMILES string of the molecule is Cc1ccccc1CCn1c2c(c3cccc(C)c31)C(C)N(C)C(C)C2. The zero-order chi connectivity index (χ0) is 18.4. The number of benzene rings is 2. The fourth-order valence-electron chi connectivity index (χ4n) is 4.74. The van der Waals surface area contributed by atoms with Gasteiger partial charge in [-0.1, -0.05) is 42.5 Å². The Morgan fingerprint density at radius 2 is 1.69 bits per heavy atom. The molecule has 0 saturated heterocycles. The number of nitrogens with zero attached hydrogens (tertiary/aromatic N) is 2. The van der Waals surface area contributed by atoms with Crippen molar-refractivity contribution in [2.75, 3.05) is 7.05 Å². The third-order valence-corrected chi connectivity index (χ3v) is 6.51. The van der Waals surface area contributed by atoms with Gasteiger partial charge in [-0.3, -0.25) is 4.90 Å². The highest BCUT2D eigenvalue weighted by molar-refractivity contribution is 5.89. The molecule has 0 amide bonds. The van der Waals surface area contributed by atoms with Gasteiger partial charge in [-0.15, -0.1) is 0 Å². The average molecular weight is 347 g/mol. The average Bonchev–Trinajstić information content (AvgIpc) is 2.94. The van der Waals surface area contributed by atoms with Gasteiger partial charge in [0.05, 0.1) is 5.52 Å². The van der Waals surface area contributed by atoms with Crippen LogP contribution in [0, 0.1) is 13.8 Å². The molecular formula is C24H30N2. The minimum Gasteiger partial charge on any atom is -0.344 e. The molecule has 2 nitrogen and oxygen atoms in total. The Morgan fingerprint density at radius 3 is 2.46 bits per heavy atom. The van der Waals surface area contributed by atoms with Crippen LogP contribution in [-0.4, -0.2) is 22.6 Å². The third-order valence-electron chi connectivity index (χ3n) is 6.51. The molecule has 0 fully saturated rings. The highest BCUT2D eigenvalue weighted by Crippen LogP contribution is 2.40. The van der Waals surface area contributed by atoms with Gasteiger partial charge in [0.1, 0.15) is 0 Å². The van der Waals surface area contributed by atoms with Crippen LogP contribution >= 0.6 is 0 Å². The lowest BCUT2D eigenvalue weighted by Gasteiger charge is -2.37. The van der Waals surface area contributed by atoms with Gasteiger partial charge in [0.25, 0.3) is 0 Å². The minimum atomic E-state index is 0.470. The number of aryl methyl sites for hydroxylation is 4. The van der Waals surface area contributed by atoms with Crippen molar-refractivity contribution in [1.82, 2.24) is 9.47 Å². The Hall–Kier alpha value is -2.06. The Bertz CT molecular complexity index is 950. The standard InChI is InChI=1S/C24H30N2/c1-16-9-6-7-11-20(16)13-14-26-22-15-18(3)25(5)19(4)23(22)21-12-8-10-17(2)24(21)26/h6-12,18-19H,13-15H2,1-5H3. The maximum Gasteiger partial charge on any atom is 0.0515 e. The molecule has 0 aliphatic carbocycles. The maximum atomic E-state index is 2.63. The van der Waals surface area contributed by atoms with Crippen molar-refractivity contribution in [3.63, 3.8) is 0 Å². The van der Waals surface area contributed by atoms with Crippen LogP contribution in [0.1, 0.15) is 47.8 Å². The largest absolute Gasteiger partial charge is 0.344 e. The molecule has 2 atom stereocenters. The van der Waals surface area contributed by atoms with Crippen molar-refractivity contribution >= 4 is 10.9 Å². The fourth-order valence-corrected chi connectivity index (χ4v) is 4.74. The van der Waals surface area contributed by atoms with Gasteiger partial charge >= 0.3 is 0 Å². The minimum absolute atomic E-state index is 0.470. The molecule has 4 rings (SSSR count). The highest BCUT2D eigenvalue weighted by atomic mass is 15.2. The van der Waals surface area contributed by atoms with E-state index in [4.69, 9.17) is 0 Å². The van der Waals surface area contributed by atoms with Crippen molar-refractivity contribution in [3.8, 4) is 0 Å². The molecule has 1 aliphatic rings. The van der Waals surface area contributed by atoms with Crippen molar-refractivity contribution in [2.45, 2.75) is 59.2 Å². The lowest BCUT2D eigenvalue weighted by Crippen LogP contribution is -2.38. The van der Waals surface area contributed by atoms with E-state index in [9.17, 15) is 0 Å². The first-order chi connectivity index (χ1) is 12.5. The van der Waals surface area contributed by atoms with Crippen molar-refractivity contribution in [3.05, 3.63) is 70.4 Å². The summed E-state index contributed by atoms with van der Waals surface area (Å²) in [6.45, 7) is 10.3. The van der Waals surface area contributed by atoms with E-state index in [0.29, 0.717) is 12.1 Å². The monoisotopic (exact) mass is 346 g/mol. The number of likely N-dealkylation sites (N-methyl/N-ethyl adjacent to an activating group) is 1. The summed E-state index contributed by atoms with van der Waals surface area (Å²) in [5.41, 5.74) is 8.81. The van der Waals surface area contributed by atoms with Crippen molar-refractivity contribution < 1.29 is 0 Å². The molecule has 0 spiro atoms. The van der Waals surface area contributed by atoms with Gasteiger partial charge in [-0.2, -0.15) is 0 Å². The molecule has 2 aromatic carbocycles. The van der Waals surface area contributed by atoms with Crippen LogP contribution in [0.2, 0.25) is 0 Å². The molecule has 3 aromatic rings. The number of aromatic nitrogens is 1. The summed E-state index contributed by atoms with van der Waals surface area (Å²) in [6.07, 6.45) is 2.23. The van der Waals surface area contributed by atoms with Crippen LogP contribution in [0.3, 0.4) is 0 Å². The van der Waals surface area contributed by atoms with E-state index in [0.717, 1.165) is 19.4 Å². The van der Waals surface area contributed by atoms with E-state index in [1.165, 1.54) is 27.6 Å². The molecule has 0 radical (unpaired) electrons. The second-order valence-corrected chi connectivity index (χ2v) is 8.05. The molecule has 2 heterocycles. The van der Waals surface area contributed by atoms with Gasteiger partial charge in [0.2, 0.25) is 0 Å². The van der Waals surface area contributed by atoms with Gasteiger partial charge in [0, 0.05) is 36.1 Å². The lowest BCUT2D eigenvalue weighted by molar-refractivity contribution is 0.177. The molecule has 136 valence electrons. The first kappa shape index (κ1) is 17.4.